The third-order valence-electron chi connectivity index (χ3n) is 3.88. The number of carbonyl (C=O) groups is 1. The van der Waals surface area contributed by atoms with Crippen LogP contribution in [0.25, 0.3) is 10.9 Å². The maximum absolute atomic E-state index is 10.5. The molecule has 0 amide bonds. The van der Waals surface area contributed by atoms with Gasteiger partial charge < -0.3 is 9.30 Å². The van der Waals surface area contributed by atoms with E-state index in [1.165, 1.54) is 28.5 Å². The Bertz CT molecular complexity index is 612. The molecule has 2 heterocycles. The van der Waals surface area contributed by atoms with Gasteiger partial charge in [-0.05, 0) is 37.8 Å². The summed E-state index contributed by atoms with van der Waals surface area (Å²) in [6.45, 7) is 5.64. The van der Waals surface area contributed by atoms with E-state index in [0.717, 1.165) is 18.5 Å². The van der Waals surface area contributed by atoms with Crippen LogP contribution < -0.4 is 0 Å². The maximum Gasteiger partial charge on any atom is 0.293 e. The molecule has 0 bridgehead atoms. The SMILES string of the molecule is Cc1ccc2c3c1c(C(C)OC=O)cn3CCC2. The normalized spacial score (nSPS) is 15.7. The highest BCUT2D eigenvalue weighted by Crippen LogP contribution is 2.35. The number of aryl methyl sites for hydroxylation is 3. The van der Waals surface area contributed by atoms with Crippen molar-refractivity contribution in [3.05, 3.63) is 35.0 Å². The quantitative estimate of drug-likeness (QED) is 0.775. The number of nitrogens with zero attached hydrogens (tertiary/aromatic N) is 1. The van der Waals surface area contributed by atoms with E-state index in [9.17, 15) is 4.79 Å². The topological polar surface area (TPSA) is 31.2 Å². The van der Waals surface area contributed by atoms with Crippen LogP contribution in [0.5, 0.6) is 0 Å². The van der Waals surface area contributed by atoms with Crippen LogP contribution in [0.2, 0.25) is 0 Å². The van der Waals surface area contributed by atoms with E-state index in [1.54, 1.807) is 0 Å². The van der Waals surface area contributed by atoms with Gasteiger partial charge in [-0.2, -0.15) is 0 Å². The van der Waals surface area contributed by atoms with E-state index in [0.29, 0.717) is 6.47 Å². The van der Waals surface area contributed by atoms with E-state index in [-0.39, 0.29) is 6.10 Å². The molecule has 0 radical (unpaired) electrons. The summed E-state index contributed by atoms with van der Waals surface area (Å²) in [6, 6.07) is 4.40. The lowest BCUT2D eigenvalue weighted by Gasteiger charge is -2.16. The molecule has 0 saturated heterocycles. The minimum Gasteiger partial charge on any atom is -0.460 e. The fraction of sp³-hybridized carbons (Fsp3) is 0.400. The largest absolute Gasteiger partial charge is 0.460 e. The Kier molecular flexibility index (Phi) is 2.62. The first-order valence-electron chi connectivity index (χ1n) is 6.42. The van der Waals surface area contributed by atoms with E-state index in [1.807, 2.05) is 6.92 Å². The fourth-order valence-corrected chi connectivity index (χ4v) is 3.01. The van der Waals surface area contributed by atoms with Crippen LogP contribution in [-0.2, 0) is 22.5 Å². The van der Waals surface area contributed by atoms with E-state index in [4.69, 9.17) is 4.74 Å². The summed E-state index contributed by atoms with van der Waals surface area (Å²) in [5, 5.41) is 1.27. The average molecular weight is 243 g/mol. The smallest absolute Gasteiger partial charge is 0.293 e. The van der Waals surface area contributed by atoms with Crippen molar-refractivity contribution in [2.45, 2.75) is 39.3 Å². The third kappa shape index (κ3) is 1.54. The molecule has 94 valence electrons. The maximum atomic E-state index is 10.5. The summed E-state index contributed by atoms with van der Waals surface area (Å²) < 4.78 is 7.42. The van der Waals surface area contributed by atoms with Gasteiger partial charge in [-0.15, -0.1) is 0 Å². The van der Waals surface area contributed by atoms with Crippen molar-refractivity contribution < 1.29 is 9.53 Å². The van der Waals surface area contributed by atoms with Gasteiger partial charge in [0, 0.05) is 23.7 Å². The summed E-state index contributed by atoms with van der Waals surface area (Å²) in [5.41, 5.74) is 5.12. The van der Waals surface area contributed by atoms with Crippen molar-refractivity contribution in [2.24, 2.45) is 0 Å². The fourth-order valence-electron chi connectivity index (χ4n) is 3.01. The molecular formula is C15H17NO2. The van der Waals surface area contributed by atoms with Crippen molar-refractivity contribution in [1.82, 2.24) is 4.57 Å². The van der Waals surface area contributed by atoms with Gasteiger partial charge in [0.15, 0.2) is 0 Å². The molecule has 1 aliphatic rings. The highest BCUT2D eigenvalue weighted by atomic mass is 16.5. The molecule has 3 rings (SSSR count). The average Bonchev–Trinajstić information content (AvgIpc) is 2.76. The molecule has 1 unspecified atom stereocenters. The summed E-state index contributed by atoms with van der Waals surface area (Å²) in [5.74, 6) is 0. The lowest BCUT2D eigenvalue weighted by molar-refractivity contribution is -0.133. The van der Waals surface area contributed by atoms with Crippen LogP contribution in [0.15, 0.2) is 18.3 Å². The molecule has 0 fully saturated rings. The van der Waals surface area contributed by atoms with Crippen molar-refractivity contribution in [1.29, 1.82) is 0 Å². The molecule has 0 saturated carbocycles. The zero-order valence-electron chi connectivity index (χ0n) is 10.8. The molecule has 0 aliphatic carbocycles. The Hall–Kier alpha value is -1.77. The zero-order valence-corrected chi connectivity index (χ0v) is 10.8. The van der Waals surface area contributed by atoms with Gasteiger partial charge in [0.25, 0.3) is 6.47 Å². The highest BCUT2D eigenvalue weighted by Gasteiger charge is 2.20. The van der Waals surface area contributed by atoms with Crippen LogP contribution in [0.1, 0.15) is 36.1 Å². The summed E-state index contributed by atoms with van der Waals surface area (Å²) >= 11 is 0. The second kappa shape index (κ2) is 4.16. The predicted octanol–water partition coefficient (Wildman–Crippen LogP) is 3.13. The van der Waals surface area contributed by atoms with Crippen LogP contribution in [-0.4, -0.2) is 11.0 Å². The molecule has 1 aromatic heterocycles. The first kappa shape index (κ1) is 11.3. The molecule has 3 heteroatoms. The summed E-state index contributed by atoms with van der Waals surface area (Å²) in [7, 11) is 0. The van der Waals surface area contributed by atoms with Gasteiger partial charge in [-0.25, -0.2) is 0 Å². The molecule has 2 aromatic rings. The van der Waals surface area contributed by atoms with E-state index >= 15 is 0 Å². The number of rotatable bonds is 3. The lowest BCUT2D eigenvalue weighted by Crippen LogP contribution is -2.06. The van der Waals surface area contributed by atoms with Gasteiger partial charge in [0.05, 0.1) is 5.52 Å². The van der Waals surface area contributed by atoms with Crippen LogP contribution >= 0.6 is 0 Å². The first-order chi connectivity index (χ1) is 8.72. The molecule has 3 nitrogen and oxygen atoms in total. The summed E-state index contributed by atoms with van der Waals surface area (Å²) in [6.07, 6.45) is 4.29. The van der Waals surface area contributed by atoms with Gasteiger partial charge >= 0.3 is 0 Å². The molecule has 1 aliphatic heterocycles. The number of carbonyl (C=O) groups excluding carboxylic acids is 1. The van der Waals surface area contributed by atoms with Gasteiger partial charge in [-0.3, -0.25) is 4.79 Å². The molecule has 1 aromatic carbocycles. The molecule has 0 N–H and O–H groups in total. The Morgan fingerprint density at radius 2 is 2.28 bits per heavy atom. The van der Waals surface area contributed by atoms with Crippen molar-refractivity contribution in [2.75, 3.05) is 0 Å². The monoisotopic (exact) mass is 243 g/mol. The standard InChI is InChI=1S/C15H17NO2/c1-10-5-6-12-4-3-7-16-8-13(11(2)18-9-17)14(10)15(12)16/h5-6,8-9,11H,3-4,7H2,1-2H3. The zero-order chi connectivity index (χ0) is 12.7. The number of aromatic nitrogens is 1. The minimum absolute atomic E-state index is 0.182. The Morgan fingerprint density at radius 1 is 1.44 bits per heavy atom. The minimum atomic E-state index is -0.182. The van der Waals surface area contributed by atoms with Crippen LogP contribution in [0.3, 0.4) is 0 Å². The van der Waals surface area contributed by atoms with Gasteiger partial charge in [0.2, 0.25) is 0 Å². The first-order valence-corrected chi connectivity index (χ1v) is 6.42. The number of hydrogen-bond acceptors (Lipinski definition) is 2. The predicted molar refractivity (Wildman–Crippen MR) is 70.6 cm³/mol. The van der Waals surface area contributed by atoms with Gasteiger partial charge in [0.1, 0.15) is 6.10 Å². The molecule has 18 heavy (non-hydrogen) atoms. The number of benzene rings is 1. The van der Waals surface area contributed by atoms with E-state index in [2.05, 4.69) is 29.8 Å². The van der Waals surface area contributed by atoms with Crippen molar-refractivity contribution in [3.8, 4) is 0 Å². The Balaban J connectivity index is 2.28. The molecule has 0 spiro atoms. The van der Waals surface area contributed by atoms with Crippen LogP contribution in [0.4, 0.5) is 0 Å². The Labute approximate surface area is 106 Å². The van der Waals surface area contributed by atoms with Crippen molar-refractivity contribution >= 4 is 17.4 Å². The van der Waals surface area contributed by atoms with Crippen molar-refractivity contribution in [3.63, 3.8) is 0 Å². The number of hydrogen-bond donors (Lipinski definition) is 0. The highest BCUT2D eigenvalue weighted by molar-refractivity contribution is 5.90. The number of ether oxygens (including phenoxy) is 1. The summed E-state index contributed by atoms with van der Waals surface area (Å²) in [4.78, 5) is 10.5. The second-order valence-corrected chi connectivity index (χ2v) is 5.02. The lowest BCUT2D eigenvalue weighted by atomic mass is 9.98. The van der Waals surface area contributed by atoms with Crippen LogP contribution in [0, 0.1) is 6.92 Å². The molecular weight excluding hydrogens is 226 g/mol. The Morgan fingerprint density at radius 3 is 3.06 bits per heavy atom. The molecule has 1 atom stereocenters. The third-order valence-corrected chi connectivity index (χ3v) is 3.88. The van der Waals surface area contributed by atoms with E-state index < -0.39 is 0 Å². The van der Waals surface area contributed by atoms with Gasteiger partial charge in [-0.1, -0.05) is 12.1 Å². The second-order valence-electron chi connectivity index (χ2n) is 5.02.